The van der Waals surface area contributed by atoms with Crippen LogP contribution in [0.5, 0.6) is 0 Å². The van der Waals surface area contributed by atoms with E-state index < -0.39 is 0 Å². The van der Waals surface area contributed by atoms with Crippen molar-refractivity contribution in [3.05, 3.63) is 58.0 Å². The van der Waals surface area contributed by atoms with E-state index in [4.69, 9.17) is 32.4 Å². The number of benzene rings is 1. The summed E-state index contributed by atoms with van der Waals surface area (Å²) in [7, 11) is 0. The fourth-order valence-corrected chi connectivity index (χ4v) is 3.26. The molecule has 0 saturated carbocycles. The number of nitrogens with zero attached hydrogens (tertiary/aromatic N) is 1. The maximum absolute atomic E-state index is 12.5. The summed E-state index contributed by atoms with van der Waals surface area (Å²) >= 11 is 12.1. The Morgan fingerprint density at radius 2 is 2.21 bits per heavy atom. The third kappa shape index (κ3) is 3.86. The summed E-state index contributed by atoms with van der Waals surface area (Å²) < 4.78 is 11.0. The van der Waals surface area contributed by atoms with Crippen molar-refractivity contribution in [2.45, 2.75) is 19.1 Å². The number of hydrogen-bond acceptors (Lipinski definition) is 3. The monoisotopic (exact) mass is 368 g/mol. The fraction of sp³-hybridized carbons (Fsp3) is 0.353. The molecule has 2 amide bonds. The number of morpholine rings is 1. The Morgan fingerprint density at radius 1 is 1.38 bits per heavy atom. The number of furan rings is 1. The molecule has 128 valence electrons. The molecular weight excluding hydrogens is 351 g/mol. The first-order valence-electron chi connectivity index (χ1n) is 7.70. The van der Waals surface area contributed by atoms with Crippen LogP contribution in [0.3, 0.4) is 0 Å². The van der Waals surface area contributed by atoms with Crippen LogP contribution >= 0.6 is 23.2 Å². The number of nitrogens with one attached hydrogen (secondary N) is 1. The van der Waals surface area contributed by atoms with Crippen LogP contribution in [-0.2, 0) is 4.74 Å². The number of carbonyl (C=O) groups excluding carboxylic acids is 1. The molecule has 1 unspecified atom stereocenters. The van der Waals surface area contributed by atoms with Gasteiger partial charge in [0, 0.05) is 16.6 Å². The third-order valence-corrected chi connectivity index (χ3v) is 4.55. The second kappa shape index (κ2) is 7.47. The molecule has 2 heterocycles. The van der Waals surface area contributed by atoms with E-state index in [0.29, 0.717) is 29.7 Å². The van der Waals surface area contributed by atoms with E-state index in [9.17, 15) is 4.79 Å². The normalized spacial score (nSPS) is 19.1. The van der Waals surface area contributed by atoms with Crippen LogP contribution in [0, 0.1) is 0 Å². The van der Waals surface area contributed by atoms with Crippen LogP contribution in [0.2, 0.25) is 10.0 Å². The largest absolute Gasteiger partial charge is 0.467 e. The summed E-state index contributed by atoms with van der Waals surface area (Å²) in [5.74, 6) is 0.723. The zero-order valence-electron chi connectivity index (χ0n) is 13.2. The minimum atomic E-state index is -0.242. The molecule has 1 aliphatic rings. The number of amides is 2. The van der Waals surface area contributed by atoms with Crippen molar-refractivity contribution < 1.29 is 13.9 Å². The molecule has 1 aromatic heterocycles. The Bertz CT molecular complexity index is 706. The average Bonchev–Trinajstić information content (AvgIpc) is 3.09. The highest BCUT2D eigenvalue weighted by Crippen LogP contribution is 2.27. The van der Waals surface area contributed by atoms with E-state index in [0.717, 1.165) is 11.3 Å². The molecule has 0 radical (unpaired) electrons. The van der Waals surface area contributed by atoms with Gasteiger partial charge in [0.1, 0.15) is 11.9 Å². The molecular formula is C17H18Cl2N2O3. The van der Waals surface area contributed by atoms with E-state index >= 15 is 0 Å². The first-order chi connectivity index (χ1) is 11.5. The number of carbonyl (C=O) groups is 1. The number of ether oxygens (including phenoxy) is 1. The minimum Gasteiger partial charge on any atom is -0.467 e. The Kier molecular flexibility index (Phi) is 5.33. The van der Waals surface area contributed by atoms with Crippen LogP contribution in [0.25, 0.3) is 0 Å². The number of hydrogen-bond donors (Lipinski definition) is 1. The Hall–Kier alpha value is -1.69. The van der Waals surface area contributed by atoms with Gasteiger partial charge < -0.3 is 19.4 Å². The maximum Gasteiger partial charge on any atom is 0.318 e. The summed E-state index contributed by atoms with van der Waals surface area (Å²) in [6.45, 7) is 3.33. The van der Waals surface area contributed by atoms with Gasteiger partial charge in [-0.1, -0.05) is 29.3 Å². The summed E-state index contributed by atoms with van der Waals surface area (Å²) in [6.07, 6.45) is 1.36. The lowest BCUT2D eigenvalue weighted by atomic mass is 10.1. The zero-order valence-corrected chi connectivity index (χ0v) is 14.7. The first-order valence-corrected chi connectivity index (χ1v) is 8.45. The second-order valence-corrected chi connectivity index (χ2v) is 6.50. The van der Waals surface area contributed by atoms with Crippen LogP contribution in [0.4, 0.5) is 4.79 Å². The van der Waals surface area contributed by atoms with E-state index in [2.05, 4.69) is 5.32 Å². The van der Waals surface area contributed by atoms with E-state index in [-0.39, 0.29) is 18.2 Å². The smallest absolute Gasteiger partial charge is 0.318 e. The standard InChI is InChI=1S/C17H18Cl2N2O3/c1-11(13-5-4-12(18)9-14(13)19)20-17(22)21-6-8-24-16(10-21)15-3-2-7-23-15/h2-5,7,9,11,16H,6,8,10H2,1H3,(H,20,22)/t11-,16?/m1/s1. The lowest BCUT2D eigenvalue weighted by Gasteiger charge is -2.33. The number of halogens is 2. The van der Waals surface area contributed by atoms with Crippen molar-refractivity contribution in [2.75, 3.05) is 19.7 Å². The van der Waals surface area contributed by atoms with Gasteiger partial charge in [0.25, 0.3) is 0 Å². The molecule has 1 aromatic carbocycles. The third-order valence-electron chi connectivity index (χ3n) is 3.98. The molecule has 1 N–H and O–H groups in total. The van der Waals surface area contributed by atoms with E-state index in [1.807, 2.05) is 25.1 Å². The summed E-state index contributed by atoms with van der Waals surface area (Å²) in [5.41, 5.74) is 0.824. The Balaban J connectivity index is 1.63. The summed E-state index contributed by atoms with van der Waals surface area (Å²) in [6, 6.07) is 8.52. The molecule has 0 bridgehead atoms. The van der Waals surface area contributed by atoms with Crippen molar-refractivity contribution in [1.29, 1.82) is 0 Å². The highest BCUT2D eigenvalue weighted by Gasteiger charge is 2.28. The number of urea groups is 1. The maximum atomic E-state index is 12.5. The molecule has 1 fully saturated rings. The molecule has 2 atom stereocenters. The lowest BCUT2D eigenvalue weighted by molar-refractivity contribution is -0.0263. The second-order valence-electron chi connectivity index (χ2n) is 5.66. The van der Waals surface area contributed by atoms with Crippen molar-refractivity contribution >= 4 is 29.2 Å². The highest BCUT2D eigenvalue weighted by molar-refractivity contribution is 6.35. The molecule has 0 aliphatic carbocycles. The van der Waals surface area contributed by atoms with Gasteiger partial charge >= 0.3 is 6.03 Å². The predicted octanol–water partition coefficient (Wildman–Crippen LogP) is 4.43. The fourth-order valence-electron chi connectivity index (χ4n) is 2.69. The highest BCUT2D eigenvalue weighted by atomic mass is 35.5. The molecule has 24 heavy (non-hydrogen) atoms. The van der Waals surface area contributed by atoms with Crippen molar-refractivity contribution in [3.8, 4) is 0 Å². The van der Waals surface area contributed by atoms with E-state index in [1.54, 1.807) is 23.3 Å². The SMILES string of the molecule is C[C@@H](NC(=O)N1CCOC(c2ccco2)C1)c1ccc(Cl)cc1Cl. The van der Waals surface area contributed by atoms with Gasteiger partial charge in [-0.25, -0.2) is 4.79 Å². The van der Waals surface area contributed by atoms with Crippen LogP contribution in [0.1, 0.15) is 30.4 Å². The Morgan fingerprint density at radius 3 is 2.92 bits per heavy atom. The quantitative estimate of drug-likeness (QED) is 0.871. The zero-order chi connectivity index (χ0) is 17.1. The van der Waals surface area contributed by atoms with Crippen molar-refractivity contribution in [3.63, 3.8) is 0 Å². The lowest BCUT2D eigenvalue weighted by Crippen LogP contribution is -2.47. The molecule has 5 nitrogen and oxygen atoms in total. The van der Waals surface area contributed by atoms with Gasteiger partial charge in [0.05, 0.1) is 25.5 Å². The topological polar surface area (TPSA) is 54.7 Å². The molecule has 0 spiro atoms. The van der Waals surface area contributed by atoms with E-state index in [1.165, 1.54) is 0 Å². The van der Waals surface area contributed by atoms with Crippen LogP contribution in [-0.4, -0.2) is 30.6 Å². The number of rotatable bonds is 3. The summed E-state index contributed by atoms with van der Waals surface area (Å²) in [4.78, 5) is 14.3. The molecule has 7 heteroatoms. The van der Waals surface area contributed by atoms with Gasteiger partial charge in [-0.2, -0.15) is 0 Å². The predicted molar refractivity (Wildman–Crippen MR) is 92.4 cm³/mol. The van der Waals surface area contributed by atoms with Crippen LogP contribution < -0.4 is 5.32 Å². The van der Waals surface area contributed by atoms with Crippen LogP contribution in [0.15, 0.2) is 41.0 Å². The first kappa shape index (κ1) is 17.1. The molecule has 2 aromatic rings. The molecule has 1 aliphatic heterocycles. The Labute approximate surface area is 150 Å². The van der Waals surface area contributed by atoms with Gasteiger partial charge in [-0.3, -0.25) is 0 Å². The van der Waals surface area contributed by atoms with Gasteiger partial charge in [0.15, 0.2) is 0 Å². The minimum absolute atomic E-state index is 0.159. The van der Waals surface area contributed by atoms with Crippen molar-refractivity contribution in [2.24, 2.45) is 0 Å². The molecule has 1 saturated heterocycles. The van der Waals surface area contributed by atoms with Crippen molar-refractivity contribution in [1.82, 2.24) is 10.2 Å². The van der Waals surface area contributed by atoms with Gasteiger partial charge in [-0.05, 0) is 36.8 Å². The average molecular weight is 369 g/mol. The van der Waals surface area contributed by atoms with Gasteiger partial charge in [0.2, 0.25) is 0 Å². The van der Waals surface area contributed by atoms with Gasteiger partial charge in [-0.15, -0.1) is 0 Å². The summed E-state index contributed by atoms with van der Waals surface area (Å²) in [5, 5.41) is 4.06. The molecule has 3 rings (SSSR count).